The Morgan fingerprint density at radius 2 is 1.68 bits per heavy atom. The zero-order chi connectivity index (χ0) is 45.2. The number of β-amino-alcohol motifs (C(OH)–C–C–N with tert-alkyl or cyclic N) is 1. The third kappa shape index (κ3) is 9.61. The van der Waals surface area contributed by atoms with Gasteiger partial charge in [0.05, 0.1) is 24.6 Å². The van der Waals surface area contributed by atoms with Crippen molar-refractivity contribution in [1.82, 2.24) is 35.0 Å². The number of rotatable bonds is 11. The number of likely N-dealkylation sites (tertiary alicyclic amines) is 3. The molecule has 0 radical (unpaired) electrons. The number of benzene rings is 3. The van der Waals surface area contributed by atoms with Crippen molar-refractivity contribution in [3.63, 3.8) is 0 Å². The van der Waals surface area contributed by atoms with E-state index in [1.165, 1.54) is 35.4 Å². The topological polar surface area (TPSA) is 186 Å². The maximum absolute atomic E-state index is 15.0. The van der Waals surface area contributed by atoms with Crippen LogP contribution in [0.4, 0.5) is 25.4 Å². The van der Waals surface area contributed by atoms with Crippen LogP contribution in [0, 0.1) is 18.7 Å². The van der Waals surface area contributed by atoms with Gasteiger partial charge in [0.25, 0.3) is 5.91 Å². The van der Waals surface area contributed by atoms with E-state index < -0.39 is 18.0 Å². The Bertz CT molecular complexity index is 2590. The van der Waals surface area contributed by atoms with E-state index in [2.05, 4.69) is 30.5 Å². The second-order valence-electron chi connectivity index (χ2n) is 17.5. The number of nitrogens with zero attached hydrogens (tertiary/aromatic N) is 6. The quantitative estimate of drug-likeness (QED) is 0.113. The minimum Gasteiger partial charge on any atom is -0.495 e. The summed E-state index contributed by atoms with van der Waals surface area (Å²) in [5.41, 5.74) is 5.41. The maximum atomic E-state index is 15.0. The molecule has 340 valence electrons. The second kappa shape index (κ2) is 18.9. The van der Waals surface area contributed by atoms with E-state index in [9.17, 15) is 24.3 Å². The number of carbonyl (C=O) groups is 4. The average molecular weight is 888 g/mol. The lowest BCUT2D eigenvalue weighted by Gasteiger charge is -2.35. The maximum Gasteiger partial charge on any atom is 0.328 e. The molecule has 4 aliphatic heterocycles. The number of halogens is 1. The van der Waals surface area contributed by atoms with E-state index in [1.807, 2.05) is 42.2 Å². The molecule has 3 aromatic carbocycles. The van der Waals surface area contributed by atoms with Gasteiger partial charge < -0.3 is 39.6 Å². The number of imide groups is 1. The minimum absolute atomic E-state index is 0.0720. The smallest absolute Gasteiger partial charge is 0.328 e. The van der Waals surface area contributed by atoms with Crippen molar-refractivity contribution in [2.24, 2.45) is 5.92 Å². The van der Waals surface area contributed by atoms with Crippen LogP contribution in [0.1, 0.15) is 60.9 Å². The van der Waals surface area contributed by atoms with Crippen LogP contribution in [-0.4, -0.2) is 130 Å². The molecule has 9 rings (SSSR count). The lowest BCUT2D eigenvalue weighted by atomic mass is 9.92. The molecular formula is C48H54FN9O7. The number of hydrogen-bond acceptors (Lipinski definition) is 10. The zero-order valence-corrected chi connectivity index (χ0v) is 36.6. The van der Waals surface area contributed by atoms with Gasteiger partial charge in [0.1, 0.15) is 35.4 Å². The summed E-state index contributed by atoms with van der Waals surface area (Å²) in [6.07, 6.45) is 6.52. The molecular weight excluding hydrogens is 834 g/mol. The first-order valence-electron chi connectivity index (χ1n) is 22.5. The predicted molar refractivity (Wildman–Crippen MR) is 243 cm³/mol. The fourth-order valence-electron chi connectivity index (χ4n) is 9.44. The summed E-state index contributed by atoms with van der Waals surface area (Å²) < 4.78 is 26.9. The van der Waals surface area contributed by atoms with Gasteiger partial charge in [0.2, 0.25) is 5.91 Å². The standard InChI is InChI=1S/C48H54FN9O7/c1-29-37(24-33(49)25-39(29)53-47(62)57-21-12-34(59)27-57)44-38-26-40(52-45(38)51-28-50-44)31-3-6-35(7-4-31)65-36-13-17-55(18-14-36)16-9-30-10-19-56(20-11-30)46(61)32-5-8-42(64-2)41(23-32)58-22-15-43(60)54-48(58)63/h3-8,23-26,28,30,34,36,59H,9-22,27H2,1-2H3,(H,53,62)(H,50,51,52)(H,54,60,63)/t34-/m1/s1. The van der Waals surface area contributed by atoms with Crippen molar-refractivity contribution in [1.29, 1.82) is 0 Å². The number of hydrogen-bond donors (Lipinski definition) is 4. The number of urea groups is 2. The summed E-state index contributed by atoms with van der Waals surface area (Å²) in [5, 5.41) is 15.7. The molecule has 6 amide bonds. The Kier molecular flexibility index (Phi) is 12.7. The summed E-state index contributed by atoms with van der Waals surface area (Å²) in [6, 6.07) is 16.8. The van der Waals surface area contributed by atoms with E-state index in [1.54, 1.807) is 18.2 Å². The number of aliphatic hydroxyl groups excluding tert-OH is 1. The first-order valence-corrected chi connectivity index (χ1v) is 22.5. The fraction of sp³-hybridized carbons (Fsp3) is 0.417. The Balaban J connectivity index is 0.745. The molecule has 4 N–H and O–H groups in total. The highest BCUT2D eigenvalue weighted by atomic mass is 19.1. The number of carbonyl (C=O) groups excluding carboxylic acids is 4. The minimum atomic E-state index is -0.558. The van der Waals surface area contributed by atoms with Crippen LogP contribution in [0.15, 0.2) is 67.0 Å². The lowest BCUT2D eigenvalue weighted by Crippen LogP contribution is -2.49. The number of H-pyrrole nitrogens is 1. The molecule has 0 spiro atoms. The number of piperidine rings is 2. The van der Waals surface area contributed by atoms with Gasteiger partial charge in [0, 0.05) is 80.1 Å². The third-order valence-electron chi connectivity index (χ3n) is 13.3. The third-order valence-corrected chi connectivity index (χ3v) is 13.3. The first-order chi connectivity index (χ1) is 31.5. The number of methoxy groups -OCH3 is 1. The van der Waals surface area contributed by atoms with Crippen molar-refractivity contribution >= 4 is 46.3 Å². The Morgan fingerprint density at radius 3 is 2.40 bits per heavy atom. The fourth-order valence-corrected chi connectivity index (χ4v) is 9.44. The molecule has 0 unspecified atom stereocenters. The average Bonchev–Trinajstić information content (AvgIpc) is 3.97. The predicted octanol–water partition coefficient (Wildman–Crippen LogP) is 6.58. The van der Waals surface area contributed by atoms with Crippen molar-refractivity contribution in [2.75, 3.05) is 69.7 Å². The Labute approximate surface area is 376 Å². The highest BCUT2D eigenvalue weighted by Gasteiger charge is 2.30. The number of nitrogens with one attached hydrogen (secondary N) is 3. The van der Waals surface area contributed by atoms with Gasteiger partial charge in [-0.15, -0.1) is 0 Å². The molecule has 1 atom stereocenters. The van der Waals surface area contributed by atoms with E-state index in [-0.39, 0.29) is 43.5 Å². The highest BCUT2D eigenvalue weighted by molar-refractivity contribution is 6.07. The van der Waals surface area contributed by atoms with E-state index in [4.69, 9.17) is 9.47 Å². The lowest BCUT2D eigenvalue weighted by molar-refractivity contribution is -0.120. The molecule has 0 bridgehead atoms. The molecule has 4 aliphatic rings. The molecule has 2 aromatic heterocycles. The molecule has 6 heterocycles. The summed E-state index contributed by atoms with van der Waals surface area (Å²) in [4.78, 5) is 70.4. The van der Waals surface area contributed by atoms with Crippen LogP contribution in [0.25, 0.3) is 33.5 Å². The molecule has 0 saturated carbocycles. The van der Waals surface area contributed by atoms with E-state index in [0.717, 1.165) is 74.1 Å². The van der Waals surface area contributed by atoms with Crippen molar-refractivity contribution in [3.8, 4) is 34.0 Å². The van der Waals surface area contributed by atoms with Crippen LogP contribution < -0.4 is 25.0 Å². The van der Waals surface area contributed by atoms with Crippen molar-refractivity contribution in [2.45, 2.75) is 64.1 Å². The molecule has 0 aliphatic carbocycles. The van der Waals surface area contributed by atoms with E-state index in [0.29, 0.717) is 77.1 Å². The number of amides is 6. The summed E-state index contributed by atoms with van der Waals surface area (Å²) >= 11 is 0. The summed E-state index contributed by atoms with van der Waals surface area (Å²) in [6.45, 7) is 7.01. The van der Waals surface area contributed by atoms with Gasteiger partial charge in [-0.05, 0) is 130 Å². The van der Waals surface area contributed by atoms with Crippen LogP contribution in [0.3, 0.4) is 0 Å². The zero-order valence-electron chi connectivity index (χ0n) is 36.6. The summed E-state index contributed by atoms with van der Waals surface area (Å²) in [5.74, 6) is 0.907. The van der Waals surface area contributed by atoms with Crippen LogP contribution in [0.2, 0.25) is 0 Å². The molecule has 16 nitrogen and oxygen atoms in total. The number of aromatic amines is 1. The van der Waals surface area contributed by atoms with Gasteiger partial charge in [0.15, 0.2) is 0 Å². The monoisotopic (exact) mass is 887 g/mol. The van der Waals surface area contributed by atoms with Crippen molar-refractivity contribution < 1.29 is 38.1 Å². The Morgan fingerprint density at radius 1 is 0.908 bits per heavy atom. The van der Waals surface area contributed by atoms with Gasteiger partial charge in [-0.2, -0.15) is 0 Å². The van der Waals surface area contributed by atoms with Gasteiger partial charge >= 0.3 is 12.1 Å². The number of fused-ring (bicyclic) bond motifs is 1. The van der Waals surface area contributed by atoms with Crippen molar-refractivity contribution in [3.05, 3.63) is 83.9 Å². The Hall–Kier alpha value is -6.59. The number of aliphatic hydroxyl groups is 1. The van der Waals surface area contributed by atoms with Crippen LogP contribution in [-0.2, 0) is 4.79 Å². The highest BCUT2D eigenvalue weighted by Crippen LogP contribution is 2.36. The summed E-state index contributed by atoms with van der Waals surface area (Å²) in [7, 11) is 1.51. The van der Waals surface area contributed by atoms with Gasteiger partial charge in [-0.25, -0.2) is 23.9 Å². The number of ether oxygens (including phenoxy) is 2. The van der Waals surface area contributed by atoms with Gasteiger partial charge in [-0.3, -0.25) is 19.8 Å². The largest absolute Gasteiger partial charge is 0.495 e. The molecule has 4 fully saturated rings. The molecule has 4 saturated heterocycles. The number of aromatic nitrogens is 3. The second-order valence-corrected chi connectivity index (χ2v) is 17.5. The van der Waals surface area contributed by atoms with E-state index >= 15 is 4.39 Å². The van der Waals surface area contributed by atoms with Crippen LogP contribution in [0.5, 0.6) is 11.5 Å². The molecule has 65 heavy (non-hydrogen) atoms. The normalized spacial score (nSPS) is 18.9. The molecule has 5 aromatic rings. The first kappa shape index (κ1) is 43.7. The SMILES string of the molecule is COc1ccc(C(=O)N2CCC(CCN3CCC(Oc4ccc(-c5cc6c(-c7cc(F)cc(NC(=O)N8CC[C@@H](O)C8)c7C)ncnc6[nH]5)cc4)CC3)CC2)cc1N1CCC(=O)NC1=O. The van der Waals surface area contributed by atoms with Gasteiger partial charge in [-0.1, -0.05) is 0 Å². The van der Waals surface area contributed by atoms with Crippen LogP contribution >= 0.6 is 0 Å². The number of anilines is 2. The molecule has 17 heteroatoms.